The summed E-state index contributed by atoms with van der Waals surface area (Å²) in [5.41, 5.74) is 1.53. The van der Waals surface area contributed by atoms with Gasteiger partial charge in [-0.05, 0) is 0 Å². The quantitative estimate of drug-likeness (QED) is 0.0478. The van der Waals surface area contributed by atoms with E-state index in [-0.39, 0.29) is 0 Å². The molecule has 48 heavy (non-hydrogen) atoms. The summed E-state index contributed by atoms with van der Waals surface area (Å²) in [4.78, 5) is 25.8. The van der Waals surface area contributed by atoms with Crippen molar-refractivity contribution in [3.8, 4) is 0 Å². The lowest BCUT2D eigenvalue weighted by atomic mass is 10.1. The molecule has 5 unspecified atom stereocenters. The standard InChI is InChI=1S/C24H32N10O10P2S2/c35-5-11-15(37)18(44-46(40)48)24(41-11)34-10-32-14-20(28-8-30-22(14)34)26-4-2-1-3-25-19-13-21(29-7-27-19)33(9-31-13)23-16(38)17(43-45(39)47)12(6-36)42-23/h1-2,7-12,15-18,23-24,35-38,45-46H,3-6H2,(H,39,47)(H,40,48)(H,25,27,29)(H,26,28,30)/b2-1+/t11-,12?,15-,16-,17-,18?,23-,24?/m1/s1. The highest BCUT2D eigenvalue weighted by atomic mass is 32.7. The fraction of sp³-hybridized carbons (Fsp3) is 0.500. The number of aromatic nitrogens is 8. The Balaban J connectivity index is 1.08. The van der Waals surface area contributed by atoms with Crippen molar-refractivity contribution in [1.82, 2.24) is 39.0 Å². The molecule has 260 valence electrons. The van der Waals surface area contributed by atoms with Gasteiger partial charge in [-0.15, -0.1) is 0 Å². The van der Waals surface area contributed by atoms with Gasteiger partial charge in [0.15, 0.2) is 46.4 Å². The molecular formula is C24H32N10O10P2S2. The summed E-state index contributed by atoms with van der Waals surface area (Å²) in [5.74, 6) is 0.845. The lowest BCUT2D eigenvalue weighted by molar-refractivity contribution is -0.0502. The number of nitrogens with one attached hydrogen (secondary N) is 2. The van der Waals surface area contributed by atoms with Crippen LogP contribution in [-0.4, -0.2) is 122 Å². The molecule has 10 atom stereocenters. The highest BCUT2D eigenvalue weighted by Crippen LogP contribution is 2.42. The maximum absolute atomic E-state index is 11.7. The third-order valence-electron chi connectivity index (χ3n) is 7.66. The van der Waals surface area contributed by atoms with Crippen LogP contribution >= 0.6 is 39.0 Å². The van der Waals surface area contributed by atoms with Crippen LogP contribution in [0.15, 0.2) is 37.5 Å². The number of hydrogen-bond donors (Lipinski definition) is 8. The van der Waals surface area contributed by atoms with Crippen LogP contribution in [0.2, 0.25) is 0 Å². The molecule has 0 aromatic carbocycles. The first-order valence-corrected chi connectivity index (χ1v) is 19.6. The molecule has 6 rings (SSSR count). The molecule has 0 saturated carbocycles. The van der Waals surface area contributed by atoms with E-state index in [1.165, 1.54) is 34.4 Å². The Morgan fingerprint density at radius 1 is 0.750 bits per heavy atom. The van der Waals surface area contributed by atoms with E-state index in [0.717, 1.165) is 0 Å². The van der Waals surface area contributed by atoms with Crippen molar-refractivity contribution < 1.29 is 48.1 Å². The number of hydrogen-bond acceptors (Lipinski definition) is 18. The molecule has 6 heterocycles. The first-order chi connectivity index (χ1) is 23.2. The number of rotatable bonds is 14. The van der Waals surface area contributed by atoms with Gasteiger partial charge in [-0.25, -0.2) is 29.9 Å². The van der Waals surface area contributed by atoms with Crippen LogP contribution in [0.5, 0.6) is 0 Å². The molecule has 2 fully saturated rings. The van der Waals surface area contributed by atoms with E-state index in [0.29, 0.717) is 47.1 Å². The fourth-order valence-corrected chi connectivity index (χ4v) is 7.25. The fourth-order valence-electron chi connectivity index (χ4n) is 5.51. The Bertz CT molecular complexity index is 1820. The Hall–Kier alpha value is -2.72. The summed E-state index contributed by atoms with van der Waals surface area (Å²) in [6.45, 7) is -0.224. The predicted molar refractivity (Wildman–Crippen MR) is 176 cm³/mol. The highest BCUT2D eigenvalue weighted by Gasteiger charge is 2.47. The van der Waals surface area contributed by atoms with Gasteiger partial charge in [-0.1, -0.05) is 36.6 Å². The Morgan fingerprint density at radius 3 is 1.77 bits per heavy atom. The zero-order valence-corrected chi connectivity index (χ0v) is 28.4. The Kier molecular flexibility index (Phi) is 11.3. The SMILES string of the molecule is O=[PH](S)OC1C(n2cnc3c(NC/C=C/CNc4ncnc5c4ncn5[C@@H]4OC(CO)[C@@H](O[PH](=O)S)[C@H]4O)ncnc32)O[C@H](CO)[C@H]1O. The van der Waals surface area contributed by atoms with E-state index in [1.807, 2.05) is 12.2 Å². The van der Waals surface area contributed by atoms with Crippen molar-refractivity contribution in [2.24, 2.45) is 0 Å². The largest absolute Gasteiger partial charge is 0.394 e. The van der Waals surface area contributed by atoms with Gasteiger partial charge in [0.25, 0.3) is 0 Å². The topological polar surface area (TPSA) is 263 Å². The number of fused-ring (bicyclic) bond motifs is 2. The van der Waals surface area contributed by atoms with E-state index < -0.39 is 76.8 Å². The minimum absolute atomic E-state index is 0.354. The minimum Gasteiger partial charge on any atom is -0.394 e. The average molecular weight is 747 g/mol. The first kappa shape index (κ1) is 35.1. The van der Waals surface area contributed by atoms with Crippen LogP contribution in [-0.2, 0) is 27.7 Å². The molecule has 2 aliphatic rings. The molecule has 0 aliphatic carbocycles. The van der Waals surface area contributed by atoms with Crippen LogP contribution in [0.4, 0.5) is 11.6 Å². The smallest absolute Gasteiger partial charge is 0.243 e. The monoisotopic (exact) mass is 746 g/mol. The van der Waals surface area contributed by atoms with Crippen LogP contribution in [0.25, 0.3) is 22.3 Å². The average Bonchev–Trinajstić information content (AvgIpc) is 3.83. The molecule has 6 N–H and O–H groups in total. The normalized spacial score (nSPS) is 28.9. The van der Waals surface area contributed by atoms with Gasteiger partial charge in [0, 0.05) is 13.1 Å². The summed E-state index contributed by atoms with van der Waals surface area (Å²) in [7, 11) is -5.45. The molecule has 20 nitrogen and oxygen atoms in total. The molecule has 0 bridgehead atoms. The zero-order chi connectivity index (χ0) is 33.9. The number of anilines is 2. The summed E-state index contributed by atoms with van der Waals surface area (Å²) < 4.78 is 48.3. The number of imidazole rings is 2. The van der Waals surface area contributed by atoms with Crippen LogP contribution in [0.1, 0.15) is 12.5 Å². The number of aliphatic hydroxyl groups excluding tert-OH is 4. The number of thiol groups is 2. The molecule has 2 aliphatic heterocycles. The molecule has 4 aromatic rings. The van der Waals surface area contributed by atoms with Crippen molar-refractivity contribution in [2.75, 3.05) is 36.9 Å². The van der Waals surface area contributed by atoms with Crippen LogP contribution in [0.3, 0.4) is 0 Å². The van der Waals surface area contributed by atoms with E-state index in [1.54, 1.807) is 0 Å². The second-order valence-corrected chi connectivity index (χ2v) is 14.2. The van der Waals surface area contributed by atoms with Crippen molar-refractivity contribution >= 4 is 72.9 Å². The summed E-state index contributed by atoms with van der Waals surface area (Å²) in [6, 6.07) is 0. The molecular weight excluding hydrogens is 714 g/mol. The second kappa shape index (κ2) is 15.4. The maximum Gasteiger partial charge on any atom is 0.243 e. The number of aliphatic hydroxyl groups is 4. The Morgan fingerprint density at radius 2 is 1.25 bits per heavy atom. The molecule has 4 aromatic heterocycles. The van der Waals surface area contributed by atoms with Crippen molar-refractivity contribution in [3.63, 3.8) is 0 Å². The van der Waals surface area contributed by atoms with Gasteiger partial charge in [-0.3, -0.25) is 18.3 Å². The first-order valence-electron chi connectivity index (χ1n) is 14.4. The molecule has 24 heteroatoms. The number of ether oxygens (including phenoxy) is 2. The minimum atomic E-state index is -2.74. The van der Waals surface area contributed by atoms with Crippen molar-refractivity contribution in [3.05, 3.63) is 37.5 Å². The Labute approximate surface area is 283 Å². The molecule has 0 radical (unpaired) electrons. The van der Waals surface area contributed by atoms with Gasteiger partial charge in [0.2, 0.25) is 14.5 Å². The van der Waals surface area contributed by atoms with Gasteiger partial charge < -0.3 is 49.6 Å². The third kappa shape index (κ3) is 7.11. The lowest BCUT2D eigenvalue weighted by Crippen LogP contribution is -2.34. The van der Waals surface area contributed by atoms with Gasteiger partial charge >= 0.3 is 0 Å². The second-order valence-electron chi connectivity index (χ2n) is 10.5. The molecule has 0 amide bonds. The maximum atomic E-state index is 11.7. The highest BCUT2D eigenvalue weighted by molar-refractivity contribution is 8.39. The van der Waals surface area contributed by atoms with E-state index in [9.17, 15) is 29.6 Å². The van der Waals surface area contributed by atoms with E-state index >= 15 is 0 Å². The van der Waals surface area contributed by atoms with E-state index in [2.05, 4.69) is 65.0 Å². The van der Waals surface area contributed by atoms with Gasteiger partial charge in [-0.2, -0.15) is 0 Å². The van der Waals surface area contributed by atoms with Crippen LogP contribution in [0, 0.1) is 0 Å². The van der Waals surface area contributed by atoms with Gasteiger partial charge in [0.05, 0.1) is 25.9 Å². The van der Waals surface area contributed by atoms with Crippen LogP contribution < -0.4 is 10.6 Å². The summed E-state index contributed by atoms with van der Waals surface area (Å²) >= 11 is 7.59. The van der Waals surface area contributed by atoms with E-state index in [4.69, 9.17) is 18.5 Å². The zero-order valence-electron chi connectivity index (χ0n) is 24.6. The third-order valence-corrected chi connectivity index (χ3v) is 9.24. The van der Waals surface area contributed by atoms with Crippen molar-refractivity contribution in [1.29, 1.82) is 0 Å². The van der Waals surface area contributed by atoms with Crippen molar-refractivity contribution in [2.45, 2.75) is 49.1 Å². The molecule has 0 spiro atoms. The summed E-state index contributed by atoms with van der Waals surface area (Å²) in [6.07, 6.45) is 0.673. The lowest BCUT2D eigenvalue weighted by Gasteiger charge is -2.20. The molecule has 2 saturated heterocycles. The number of nitrogens with zero attached hydrogens (tertiary/aromatic N) is 8. The van der Waals surface area contributed by atoms with Gasteiger partial charge in [0.1, 0.15) is 49.3 Å². The summed E-state index contributed by atoms with van der Waals surface area (Å²) in [5, 5.41) is 46.9. The predicted octanol–water partition coefficient (Wildman–Crippen LogP) is -0.0432.